The molecule has 0 saturated heterocycles. The first-order chi connectivity index (χ1) is 10.8. The summed E-state index contributed by atoms with van der Waals surface area (Å²) in [6.07, 6.45) is 0. The lowest BCUT2D eigenvalue weighted by Crippen LogP contribution is -2.43. The maximum absolute atomic E-state index is 11.9. The van der Waals surface area contributed by atoms with Crippen LogP contribution in [0, 0.1) is 20.8 Å². The Morgan fingerprint density at radius 2 is 2.04 bits per heavy atom. The summed E-state index contributed by atoms with van der Waals surface area (Å²) in [5.41, 5.74) is 1.17. The number of hydrogen-bond acceptors (Lipinski definition) is 4. The predicted molar refractivity (Wildman–Crippen MR) is 87.0 cm³/mol. The topological polar surface area (TPSA) is 87.4 Å². The fourth-order valence-corrected chi connectivity index (χ4v) is 2.44. The second kappa shape index (κ2) is 6.83. The molecular formula is C17H23N3O3. The molecule has 6 nitrogen and oxygen atoms in total. The van der Waals surface area contributed by atoms with Crippen LogP contribution >= 0.6 is 0 Å². The molecule has 1 unspecified atom stereocenters. The Hall–Kier alpha value is -2.34. The van der Waals surface area contributed by atoms with Crippen LogP contribution in [0.5, 0.6) is 0 Å². The first-order valence-electron chi connectivity index (χ1n) is 7.52. The van der Waals surface area contributed by atoms with Crippen molar-refractivity contribution in [1.82, 2.24) is 15.6 Å². The zero-order valence-corrected chi connectivity index (χ0v) is 13.9. The molecule has 0 saturated carbocycles. The molecule has 23 heavy (non-hydrogen) atoms. The number of furan rings is 1. The molecule has 0 aliphatic heterocycles. The highest BCUT2D eigenvalue weighted by atomic mass is 16.3. The number of aromatic nitrogens is 1. The van der Waals surface area contributed by atoms with Crippen molar-refractivity contribution in [2.75, 3.05) is 6.54 Å². The van der Waals surface area contributed by atoms with E-state index in [1.54, 1.807) is 19.9 Å². The maximum atomic E-state index is 11.9. The van der Waals surface area contributed by atoms with Crippen molar-refractivity contribution >= 4 is 6.03 Å². The molecule has 3 N–H and O–H groups in total. The molecule has 0 radical (unpaired) electrons. The van der Waals surface area contributed by atoms with E-state index in [0.717, 1.165) is 17.1 Å². The number of urea groups is 1. The summed E-state index contributed by atoms with van der Waals surface area (Å²) in [5.74, 6) is 1.38. The average molecular weight is 317 g/mol. The van der Waals surface area contributed by atoms with Gasteiger partial charge in [0.2, 0.25) is 0 Å². The van der Waals surface area contributed by atoms with Crippen molar-refractivity contribution in [2.45, 2.75) is 39.8 Å². The number of amides is 2. The highest BCUT2D eigenvalue weighted by Gasteiger charge is 2.28. The van der Waals surface area contributed by atoms with Crippen molar-refractivity contribution in [3.63, 3.8) is 0 Å². The molecule has 2 aromatic rings. The van der Waals surface area contributed by atoms with Crippen LogP contribution in [0.2, 0.25) is 0 Å². The van der Waals surface area contributed by atoms with Gasteiger partial charge in [0, 0.05) is 11.3 Å². The molecule has 0 fully saturated rings. The summed E-state index contributed by atoms with van der Waals surface area (Å²) in [4.78, 5) is 16.2. The maximum Gasteiger partial charge on any atom is 0.315 e. The first-order valence-corrected chi connectivity index (χ1v) is 7.52. The molecule has 0 aromatic carbocycles. The van der Waals surface area contributed by atoms with Crippen molar-refractivity contribution in [1.29, 1.82) is 0 Å². The molecule has 0 aliphatic rings. The standard InChI is InChI=1S/C17H23N3O3/c1-11-6-5-7-14(20-11)9-18-16(21)19-10-17(4,22)15-8-12(2)23-13(15)3/h5-8,22H,9-10H2,1-4H3,(H2,18,19,21). The van der Waals surface area contributed by atoms with Gasteiger partial charge in [-0.1, -0.05) is 6.07 Å². The zero-order chi connectivity index (χ0) is 17.0. The van der Waals surface area contributed by atoms with Crippen LogP contribution in [0.25, 0.3) is 0 Å². The van der Waals surface area contributed by atoms with E-state index in [1.165, 1.54) is 0 Å². The first kappa shape index (κ1) is 17.0. The highest BCUT2D eigenvalue weighted by Crippen LogP contribution is 2.26. The van der Waals surface area contributed by atoms with Gasteiger partial charge < -0.3 is 20.2 Å². The molecule has 124 valence electrons. The van der Waals surface area contributed by atoms with Gasteiger partial charge in [-0.25, -0.2) is 4.79 Å². The van der Waals surface area contributed by atoms with Crippen LogP contribution in [0.3, 0.4) is 0 Å². The van der Waals surface area contributed by atoms with Gasteiger partial charge >= 0.3 is 6.03 Å². The van der Waals surface area contributed by atoms with Gasteiger partial charge in [-0.05, 0) is 45.9 Å². The molecule has 2 amide bonds. The van der Waals surface area contributed by atoms with E-state index >= 15 is 0 Å². The fraction of sp³-hybridized carbons (Fsp3) is 0.412. The smallest absolute Gasteiger partial charge is 0.315 e. The number of nitrogens with one attached hydrogen (secondary N) is 2. The lowest BCUT2D eigenvalue weighted by Gasteiger charge is -2.23. The quantitative estimate of drug-likeness (QED) is 0.789. The van der Waals surface area contributed by atoms with E-state index in [4.69, 9.17) is 4.42 Å². The number of carbonyl (C=O) groups excluding carboxylic acids is 1. The van der Waals surface area contributed by atoms with Crippen LogP contribution in [0.4, 0.5) is 4.79 Å². The van der Waals surface area contributed by atoms with Gasteiger partial charge in [-0.3, -0.25) is 4.98 Å². The molecule has 0 aliphatic carbocycles. The minimum Gasteiger partial charge on any atom is -0.466 e. The summed E-state index contributed by atoms with van der Waals surface area (Å²) in [5, 5.41) is 15.9. The van der Waals surface area contributed by atoms with Gasteiger partial charge in [0.25, 0.3) is 0 Å². The van der Waals surface area contributed by atoms with Gasteiger partial charge in [0.05, 0.1) is 18.8 Å². The van der Waals surface area contributed by atoms with Crippen LogP contribution in [-0.4, -0.2) is 22.7 Å². The SMILES string of the molecule is Cc1cccc(CNC(=O)NCC(C)(O)c2cc(C)oc2C)n1. The Morgan fingerprint density at radius 3 is 2.65 bits per heavy atom. The second-order valence-electron chi connectivity index (χ2n) is 5.91. The molecular weight excluding hydrogens is 294 g/mol. The van der Waals surface area contributed by atoms with Gasteiger partial charge in [0.1, 0.15) is 17.1 Å². The highest BCUT2D eigenvalue weighted by molar-refractivity contribution is 5.73. The lowest BCUT2D eigenvalue weighted by atomic mass is 9.96. The molecule has 1 atom stereocenters. The summed E-state index contributed by atoms with van der Waals surface area (Å²) < 4.78 is 5.43. The number of aliphatic hydroxyl groups is 1. The van der Waals surface area contributed by atoms with Gasteiger partial charge in [-0.2, -0.15) is 0 Å². The molecule has 2 aromatic heterocycles. The Balaban J connectivity index is 1.87. The predicted octanol–water partition coefficient (Wildman–Crippen LogP) is 2.31. The minimum absolute atomic E-state index is 0.0832. The van der Waals surface area contributed by atoms with Crippen molar-refractivity contribution < 1.29 is 14.3 Å². The third-order valence-electron chi connectivity index (χ3n) is 3.59. The number of pyridine rings is 1. The Labute approximate surface area is 135 Å². The minimum atomic E-state index is -1.19. The van der Waals surface area contributed by atoms with Gasteiger partial charge in [0.15, 0.2) is 0 Å². The van der Waals surface area contributed by atoms with Gasteiger partial charge in [-0.15, -0.1) is 0 Å². The van der Waals surface area contributed by atoms with E-state index in [2.05, 4.69) is 15.6 Å². The monoisotopic (exact) mass is 317 g/mol. The van der Waals surface area contributed by atoms with E-state index in [1.807, 2.05) is 32.0 Å². The van der Waals surface area contributed by atoms with Crippen LogP contribution < -0.4 is 10.6 Å². The van der Waals surface area contributed by atoms with E-state index in [-0.39, 0.29) is 12.6 Å². The Kier molecular flexibility index (Phi) is 5.05. The normalized spacial score (nSPS) is 13.4. The largest absolute Gasteiger partial charge is 0.466 e. The third kappa shape index (κ3) is 4.56. The lowest BCUT2D eigenvalue weighted by molar-refractivity contribution is 0.0579. The Bertz CT molecular complexity index is 692. The molecule has 0 spiro atoms. The Morgan fingerprint density at radius 1 is 1.30 bits per heavy atom. The molecule has 0 bridgehead atoms. The van der Waals surface area contributed by atoms with E-state index in [9.17, 15) is 9.90 Å². The summed E-state index contributed by atoms with van der Waals surface area (Å²) in [6, 6.07) is 7.07. The summed E-state index contributed by atoms with van der Waals surface area (Å²) >= 11 is 0. The number of rotatable bonds is 5. The molecule has 2 rings (SSSR count). The fourth-order valence-electron chi connectivity index (χ4n) is 2.44. The number of aryl methyl sites for hydroxylation is 3. The van der Waals surface area contributed by atoms with Crippen molar-refractivity contribution in [3.8, 4) is 0 Å². The van der Waals surface area contributed by atoms with Crippen molar-refractivity contribution in [3.05, 3.63) is 52.7 Å². The molecule has 2 heterocycles. The third-order valence-corrected chi connectivity index (χ3v) is 3.59. The second-order valence-corrected chi connectivity index (χ2v) is 5.91. The molecule has 6 heteroatoms. The number of nitrogens with zero attached hydrogens (tertiary/aromatic N) is 1. The summed E-state index contributed by atoms with van der Waals surface area (Å²) in [6.45, 7) is 7.57. The van der Waals surface area contributed by atoms with E-state index in [0.29, 0.717) is 17.9 Å². The van der Waals surface area contributed by atoms with Crippen molar-refractivity contribution in [2.24, 2.45) is 0 Å². The van der Waals surface area contributed by atoms with Crippen LogP contribution in [0.15, 0.2) is 28.7 Å². The zero-order valence-electron chi connectivity index (χ0n) is 13.9. The van der Waals surface area contributed by atoms with E-state index < -0.39 is 5.60 Å². The van der Waals surface area contributed by atoms with Crippen LogP contribution in [0.1, 0.15) is 35.4 Å². The number of hydrogen-bond donors (Lipinski definition) is 3. The summed E-state index contributed by atoms with van der Waals surface area (Å²) in [7, 11) is 0. The number of carbonyl (C=O) groups is 1. The average Bonchev–Trinajstić information content (AvgIpc) is 2.83. The van der Waals surface area contributed by atoms with Crippen LogP contribution in [-0.2, 0) is 12.1 Å².